The Bertz CT molecular complexity index is 450. The standard InChI is InChI=1S/C19H30N2/c1-3-18(2)16-21(14-17-10-6-4-7-11-17)19(15-20-18)12-8-5-9-13-19/h4,6-7,10-11,20H,3,5,8-9,12-16H2,1-2H3. The van der Waals surface area contributed by atoms with Gasteiger partial charge in [0.05, 0.1) is 0 Å². The topological polar surface area (TPSA) is 15.3 Å². The third-order valence-electron chi connectivity index (χ3n) is 5.84. The number of hydrogen-bond donors (Lipinski definition) is 1. The lowest BCUT2D eigenvalue weighted by Crippen LogP contribution is -2.69. The molecule has 1 aliphatic carbocycles. The Balaban J connectivity index is 1.82. The van der Waals surface area contributed by atoms with Crippen molar-refractivity contribution in [3.63, 3.8) is 0 Å². The maximum Gasteiger partial charge on any atom is 0.0338 e. The van der Waals surface area contributed by atoms with Crippen molar-refractivity contribution in [2.45, 2.75) is 70.0 Å². The van der Waals surface area contributed by atoms with E-state index in [0.717, 1.165) is 6.54 Å². The molecule has 1 saturated carbocycles. The highest BCUT2D eigenvalue weighted by Crippen LogP contribution is 2.38. The Morgan fingerprint density at radius 2 is 1.81 bits per heavy atom. The van der Waals surface area contributed by atoms with Crippen LogP contribution >= 0.6 is 0 Å². The van der Waals surface area contributed by atoms with Crippen LogP contribution in [0.3, 0.4) is 0 Å². The van der Waals surface area contributed by atoms with Gasteiger partial charge in [-0.15, -0.1) is 0 Å². The molecule has 2 fully saturated rings. The van der Waals surface area contributed by atoms with Crippen molar-refractivity contribution in [2.75, 3.05) is 13.1 Å². The summed E-state index contributed by atoms with van der Waals surface area (Å²) in [6.07, 6.45) is 8.16. The van der Waals surface area contributed by atoms with E-state index in [-0.39, 0.29) is 5.54 Å². The quantitative estimate of drug-likeness (QED) is 0.904. The minimum atomic E-state index is 0.275. The number of benzene rings is 1. The molecule has 1 saturated heterocycles. The van der Waals surface area contributed by atoms with E-state index in [0.29, 0.717) is 5.54 Å². The second kappa shape index (κ2) is 6.10. The van der Waals surface area contributed by atoms with Crippen molar-refractivity contribution in [1.82, 2.24) is 10.2 Å². The van der Waals surface area contributed by atoms with Gasteiger partial charge in [0.25, 0.3) is 0 Å². The van der Waals surface area contributed by atoms with Crippen LogP contribution in [-0.2, 0) is 6.54 Å². The first-order chi connectivity index (χ1) is 10.2. The largest absolute Gasteiger partial charge is 0.308 e. The minimum Gasteiger partial charge on any atom is -0.308 e. The lowest BCUT2D eigenvalue weighted by atomic mass is 9.76. The molecule has 0 amide bonds. The summed E-state index contributed by atoms with van der Waals surface area (Å²) in [5.74, 6) is 0. The molecule has 2 nitrogen and oxygen atoms in total. The molecule has 1 aliphatic heterocycles. The zero-order chi connectivity index (χ0) is 14.8. The maximum atomic E-state index is 3.88. The summed E-state index contributed by atoms with van der Waals surface area (Å²) in [5, 5.41) is 3.88. The predicted octanol–water partition coefficient (Wildman–Crippen LogP) is 3.96. The molecule has 1 spiro atoms. The van der Waals surface area contributed by atoms with Gasteiger partial charge in [0.2, 0.25) is 0 Å². The first-order valence-corrected chi connectivity index (χ1v) is 8.70. The Morgan fingerprint density at radius 1 is 1.10 bits per heavy atom. The van der Waals surface area contributed by atoms with E-state index in [4.69, 9.17) is 0 Å². The zero-order valence-corrected chi connectivity index (χ0v) is 13.7. The lowest BCUT2D eigenvalue weighted by Gasteiger charge is -2.55. The number of hydrogen-bond acceptors (Lipinski definition) is 2. The van der Waals surface area contributed by atoms with Gasteiger partial charge in [0, 0.05) is 30.7 Å². The molecule has 1 atom stereocenters. The van der Waals surface area contributed by atoms with E-state index in [2.05, 4.69) is 54.4 Å². The van der Waals surface area contributed by atoms with Crippen LogP contribution in [0.4, 0.5) is 0 Å². The fraction of sp³-hybridized carbons (Fsp3) is 0.684. The van der Waals surface area contributed by atoms with Crippen molar-refractivity contribution in [3.8, 4) is 0 Å². The molecule has 0 bridgehead atoms. The SMILES string of the molecule is CCC1(C)CN(Cc2ccccc2)C2(CCCCC2)CN1. The van der Waals surface area contributed by atoms with Crippen LogP contribution in [0.5, 0.6) is 0 Å². The van der Waals surface area contributed by atoms with Gasteiger partial charge in [0.15, 0.2) is 0 Å². The van der Waals surface area contributed by atoms with Crippen LogP contribution in [0.1, 0.15) is 57.9 Å². The molecule has 3 rings (SSSR count). The van der Waals surface area contributed by atoms with Gasteiger partial charge >= 0.3 is 0 Å². The first-order valence-electron chi connectivity index (χ1n) is 8.70. The van der Waals surface area contributed by atoms with Crippen LogP contribution < -0.4 is 5.32 Å². The summed E-state index contributed by atoms with van der Waals surface area (Å²) in [5.41, 5.74) is 2.14. The van der Waals surface area contributed by atoms with E-state index in [1.807, 2.05) is 0 Å². The molecule has 1 heterocycles. The molecule has 116 valence electrons. The minimum absolute atomic E-state index is 0.275. The summed E-state index contributed by atoms with van der Waals surface area (Å²) >= 11 is 0. The molecule has 1 N–H and O–H groups in total. The highest BCUT2D eigenvalue weighted by Gasteiger charge is 2.45. The third kappa shape index (κ3) is 3.17. The van der Waals surface area contributed by atoms with Gasteiger partial charge < -0.3 is 5.32 Å². The monoisotopic (exact) mass is 286 g/mol. The average molecular weight is 286 g/mol. The Kier molecular flexibility index (Phi) is 4.37. The number of piperazine rings is 1. The van der Waals surface area contributed by atoms with Crippen LogP contribution in [-0.4, -0.2) is 29.1 Å². The van der Waals surface area contributed by atoms with Gasteiger partial charge in [-0.1, -0.05) is 56.5 Å². The second-order valence-electron chi connectivity index (χ2n) is 7.39. The van der Waals surface area contributed by atoms with Crippen molar-refractivity contribution < 1.29 is 0 Å². The summed E-state index contributed by atoms with van der Waals surface area (Å²) in [4.78, 5) is 2.81. The fourth-order valence-electron chi connectivity index (χ4n) is 4.10. The number of rotatable bonds is 3. The fourth-order valence-corrected chi connectivity index (χ4v) is 4.10. The van der Waals surface area contributed by atoms with Crippen LogP contribution in [0.15, 0.2) is 30.3 Å². The van der Waals surface area contributed by atoms with Gasteiger partial charge in [-0.05, 0) is 31.7 Å². The highest BCUT2D eigenvalue weighted by molar-refractivity contribution is 5.16. The van der Waals surface area contributed by atoms with E-state index in [9.17, 15) is 0 Å². The molecule has 2 aliphatic rings. The normalized spacial score (nSPS) is 29.6. The lowest BCUT2D eigenvalue weighted by molar-refractivity contribution is -0.0216. The second-order valence-corrected chi connectivity index (χ2v) is 7.39. The van der Waals surface area contributed by atoms with Gasteiger partial charge in [-0.25, -0.2) is 0 Å². The number of nitrogens with one attached hydrogen (secondary N) is 1. The molecule has 0 radical (unpaired) electrons. The molecular weight excluding hydrogens is 256 g/mol. The summed E-state index contributed by atoms with van der Waals surface area (Å²) in [7, 11) is 0. The van der Waals surface area contributed by atoms with Crippen LogP contribution in [0.25, 0.3) is 0 Å². The van der Waals surface area contributed by atoms with Gasteiger partial charge in [0.1, 0.15) is 0 Å². The molecule has 21 heavy (non-hydrogen) atoms. The van der Waals surface area contributed by atoms with E-state index < -0.39 is 0 Å². The van der Waals surface area contributed by atoms with Crippen molar-refractivity contribution in [3.05, 3.63) is 35.9 Å². The molecule has 1 aromatic carbocycles. The zero-order valence-electron chi connectivity index (χ0n) is 13.7. The Hall–Kier alpha value is -0.860. The molecule has 2 heteroatoms. The molecule has 1 unspecified atom stereocenters. The summed E-state index contributed by atoms with van der Waals surface area (Å²) in [6, 6.07) is 11.0. The van der Waals surface area contributed by atoms with E-state index >= 15 is 0 Å². The van der Waals surface area contributed by atoms with E-state index in [1.54, 1.807) is 0 Å². The van der Waals surface area contributed by atoms with Crippen molar-refractivity contribution in [1.29, 1.82) is 0 Å². The maximum absolute atomic E-state index is 3.88. The molecule has 0 aromatic heterocycles. The molecule has 1 aromatic rings. The Morgan fingerprint density at radius 3 is 2.48 bits per heavy atom. The first kappa shape index (κ1) is 15.1. The predicted molar refractivity (Wildman–Crippen MR) is 89.4 cm³/mol. The Labute approximate surface area is 129 Å². The summed E-state index contributed by atoms with van der Waals surface area (Å²) in [6.45, 7) is 8.16. The van der Waals surface area contributed by atoms with Crippen molar-refractivity contribution >= 4 is 0 Å². The van der Waals surface area contributed by atoms with Gasteiger partial charge in [-0.3, -0.25) is 4.90 Å². The summed E-state index contributed by atoms with van der Waals surface area (Å²) < 4.78 is 0. The number of nitrogens with zero attached hydrogens (tertiary/aromatic N) is 1. The molecular formula is C19H30N2. The van der Waals surface area contributed by atoms with E-state index in [1.165, 1.54) is 57.2 Å². The van der Waals surface area contributed by atoms with Crippen LogP contribution in [0.2, 0.25) is 0 Å². The van der Waals surface area contributed by atoms with Crippen LogP contribution in [0, 0.1) is 0 Å². The smallest absolute Gasteiger partial charge is 0.0338 e. The average Bonchev–Trinajstić information content (AvgIpc) is 2.54. The van der Waals surface area contributed by atoms with Gasteiger partial charge in [-0.2, -0.15) is 0 Å². The van der Waals surface area contributed by atoms with Crippen molar-refractivity contribution in [2.24, 2.45) is 0 Å². The highest BCUT2D eigenvalue weighted by atomic mass is 15.3. The third-order valence-corrected chi connectivity index (χ3v) is 5.84.